The van der Waals surface area contributed by atoms with Crippen molar-refractivity contribution in [3.63, 3.8) is 0 Å². The van der Waals surface area contributed by atoms with Gasteiger partial charge in [0.25, 0.3) is 0 Å². The lowest BCUT2D eigenvalue weighted by atomic mass is 10.1. The topological polar surface area (TPSA) is 89.0 Å². The van der Waals surface area contributed by atoms with Crippen LogP contribution in [0.4, 0.5) is 5.69 Å². The molecule has 2 aromatic rings. The van der Waals surface area contributed by atoms with Crippen LogP contribution in [-0.4, -0.2) is 32.2 Å². The van der Waals surface area contributed by atoms with Gasteiger partial charge in [-0.15, -0.1) is 0 Å². The summed E-state index contributed by atoms with van der Waals surface area (Å²) in [5.41, 5.74) is 5.40. The Balaban J connectivity index is 1.98. The highest BCUT2D eigenvalue weighted by Gasteiger charge is 2.14. The van der Waals surface area contributed by atoms with Crippen molar-refractivity contribution >= 4 is 23.7 Å². The molecule has 7 nitrogen and oxygen atoms in total. The van der Waals surface area contributed by atoms with Crippen LogP contribution in [0.3, 0.4) is 0 Å². The molecule has 0 fully saturated rings. The van der Waals surface area contributed by atoms with Crippen LogP contribution in [0.1, 0.15) is 16.7 Å². The number of ether oxygens (including phenoxy) is 2. The van der Waals surface area contributed by atoms with Gasteiger partial charge in [-0.1, -0.05) is 12.1 Å². The van der Waals surface area contributed by atoms with Crippen molar-refractivity contribution < 1.29 is 19.1 Å². The zero-order valence-corrected chi connectivity index (χ0v) is 15.1. The minimum atomic E-state index is -0.859. The predicted octanol–water partition coefficient (Wildman–Crippen LogP) is 2.41. The maximum atomic E-state index is 12.0. The van der Waals surface area contributed by atoms with Gasteiger partial charge in [0.2, 0.25) is 0 Å². The van der Waals surface area contributed by atoms with Gasteiger partial charge in [0.05, 0.1) is 20.4 Å². The maximum absolute atomic E-state index is 12.0. The minimum absolute atomic E-state index is 0.537. The van der Waals surface area contributed by atoms with E-state index in [0.717, 1.165) is 11.1 Å². The SMILES string of the molecule is COc1ccc(C=NNC(=O)C(=O)Nc2cccc(C)c2C)cc1OC. The van der Waals surface area contributed by atoms with Crippen LogP contribution in [-0.2, 0) is 9.59 Å². The summed E-state index contributed by atoms with van der Waals surface area (Å²) in [7, 11) is 3.07. The summed E-state index contributed by atoms with van der Waals surface area (Å²) in [6, 6.07) is 10.6. The van der Waals surface area contributed by atoms with E-state index in [1.165, 1.54) is 13.3 Å². The molecule has 0 heterocycles. The average Bonchev–Trinajstić information content (AvgIpc) is 2.65. The first-order valence-electron chi connectivity index (χ1n) is 7.89. The molecule has 2 N–H and O–H groups in total. The van der Waals surface area contributed by atoms with Gasteiger partial charge >= 0.3 is 11.8 Å². The first kappa shape index (κ1) is 19.0. The molecular formula is C19H21N3O4. The number of hydrogen-bond acceptors (Lipinski definition) is 5. The number of aryl methyl sites for hydroxylation is 1. The van der Waals surface area contributed by atoms with Gasteiger partial charge in [-0.3, -0.25) is 9.59 Å². The van der Waals surface area contributed by atoms with E-state index in [-0.39, 0.29) is 0 Å². The van der Waals surface area contributed by atoms with Crippen LogP contribution in [0, 0.1) is 13.8 Å². The fraction of sp³-hybridized carbons (Fsp3) is 0.211. The van der Waals surface area contributed by atoms with Crippen LogP contribution < -0.4 is 20.2 Å². The maximum Gasteiger partial charge on any atom is 0.329 e. The second-order valence-electron chi connectivity index (χ2n) is 5.52. The van der Waals surface area contributed by atoms with E-state index < -0.39 is 11.8 Å². The molecule has 0 saturated heterocycles. The molecule has 2 aromatic carbocycles. The number of hydrazone groups is 1. The summed E-state index contributed by atoms with van der Waals surface area (Å²) in [4.78, 5) is 23.8. The molecule has 26 heavy (non-hydrogen) atoms. The highest BCUT2D eigenvalue weighted by atomic mass is 16.5. The number of nitrogens with zero attached hydrogens (tertiary/aromatic N) is 1. The first-order valence-corrected chi connectivity index (χ1v) is 7.89. The molecule has 0 aromatic heterocycles. The van der Waals surface area contributed by atoms with E-state index in [9.17, 15) is 9.59 Å². The lowest BCUT2D eigenvalue weighted by Crippen LogP contribution is -2.32. The monoisotopic (exact) mass is 355 g/mol. The lowest BCUT2D eigenvalue weighted by molar-refractivity contribution is -0.136. The van der Waals surface area contributed by atoms with Crippen molar-refractivity contribution in [1.82, 2.24) is 5.43 Å². The summed E-state index contributed by atoms with van der Waals surface area (Å²) < 4.78 is 10.3. The molecule has 7 heteroatoms. The molecule has 0 aliphatic carbocycles. The number of hydrogen-bond donors (Lipinski definition) is 2. The van der Waals surface area contributed by atoms with E-state index in [2.05, 4.69) is 15.8 Å². The largest absolute Gasteiger partial charge is 0.493 e. The average molecular weight is 355 g/mol. The number of methoxy groups -OCH3 is 2. The van der Waals surface area contributed by atoms with Crippen LogP contribution in [0.5, 0.6) is 11.5 Å². The standard InChI is InChI=1S/C19H21N3O4/c1-12-6-5-7-15(13(12)2)21-18(23)19(24)22-20-11-14-8-9-16(25-3)17(10-14)26-4/h5-11H,1-4H3,(H,21,23)(H,22,24). The second-order valence-corrected chi connectivity index (χ2v) is 5.52. The third kappa shape index (κ3) is 4.60. The van der Waals surface area contributed by atoms with E-state index in [0.29, 0.717) is 22.7 Å². The van der Waals surface area contributed by atoms with Gasteiger partial charge in [-0.05, 0) is 54.8 Å². The summed E-state index contributed by atoms with van der Waals surface area (Å²) in [5, 5.41) is 6.36. The highest BCUT2D eigenvalue weighted by molar-refractivity contribution is 6.39. The van der Waals surface area contributed by atoms with E-state index >= 15 is 0 Å². The second kappa shape index (κ2) is 8.66. The molecule has 0 radical (unpaired) electrons. The molecule has 2 amide bonds. The number of benzene rings is 2. The van der Waals surface area contributed by atoms with Crippen molar-refractivity contribution in [1.29, 1.82) is 0 Å². The summed E-state index contributed by atoms with van der Waals surface area (Å²) in [6.45, 7) is 3.80. The number of rotatable bonds is 5. The lowest BCUT2D eigenvalue weighted by Gasteiger charge is -2.09. The van der Waals surface area contributed by atoms with Gasteiger partial charge < -0.3 is 14.8 Å². The molecule has 0 atom stereocenters. The quantitative estimate of drug-likeness (QED) is 0.490. The molecule has 0 spiro atoms. The first-order chi connectivity index (χ1) is 12.5. The molecular weight excluding hydrogens is 334 g/mol. The number of amides is 2. The third-order valence-electron chi connectivity index (χ3n) is 3.85. The van der Waals surface area contributed by atoms with Crippen molar-refractivity contribution in [3.8, 4) is 11.5 Å². The molecule has 0 unspecified atom stereocenters. The van der Waals surface area contributed by atoms with Crippen molar-refractivity contribution in [2.45, 2.75) is 13.8 Å². The van der Waals surface area contributed by atoms with E-state index in [1.807, 2.05) is 26.0 Å². The third-order valence-corrected chi connectivity index (χ3v) is 3.85. The Morgan fingerprint density at radius 2 is 1.73 bits per heavy atom. The predicted molar refractivity (Wildman–Crippen MR) is 99.8 cm³/mol. The Morgan fingerprint density at radius 1 is 1.00 bits per heavy atom. The van der Waals surface area contributed by atoms with E-state index in [1.54, 1.807) is 31.4 Å². The number of carbonyl (C=O) groups is 2. The number of carbonyl (C=O) groups excluding carboxylic acids is 2. The Labute approximate surface area is 152 Å². The van der Waals surface area contributed by atoms with Crippen molar-refractivity contribution in [3.05, 3.63) is 53.1 Å². The van der Waals surface area contributed by atoms with Gasteiger partial charge in [0.15, 0.2) is 11.5 Å². The molecule has 136 valence electrons. The Morgan fingerprint density at radius 3 is 2.42 bits per heavy atom. The van der Waals surface area contributed by atoms with Crippen LogP contribution in [0.25, 0.3) is 0 Å². The molecule has 2 rings (SSSR count). The normalized spacial score (nSPS) is 10.5. The van der Waals surface area contributed by atoms with Gasteiger partial charge in [-0.2, -0.15) is 5.10 Å². The van der Waals surface area contributed by atoms with Gasteiger partial charge in [0, 0.05) is 5.69 Å². The molecule has 0 saturated carbocycles. The fourth-order valence-corrected chi connectivity index (χ4v) is 2.21. The van der Waals surface area contributed by atoms with Crippen molar-refractivity contribution in [2.24, 2.45) is 5.10 Å². The van der Waals surface area contributed by atoms with Crippen LogP contribution in [0.2, 0.25) is 0 Å². The van der Waals surface area contributed by atoms with Crippen molar-refractivity contribution in [2.75, 3.05) is 19.5 Å². The van der Waals surface area contributed by atoms with Gasteiger partial charge in [-0.25, -0.2) is 5.43 Å². The minimum Gasteiger partial charge on any atom is -0.493 e. The Bertz CT molecular complexity index is 847. The summed E-state index contributed by atoms with van der Waals surface area (Å²) >= 11 is 0. The van der Waals surface area contributed by atoms with Crippen LogP contribution >= 0.6 is 0 Å². The molecule has 0 aliphatic rings. The smallest absolute Gasteiger partial charge is 0.329 e. The zero-order chi connectivity index (χ0) is 19.1. The fourth-order valence-electron chi connectivity index (χ4n) is 2.21. The Kier molecular flexibility index (Phi) is 6.32. The highest BCUT2D eigenvalue weighted by Crippen LogP contribution is 2.26. The number of anilines is 1. The molecule has 0 bridgehead atoms. The number of nitrogens with one attached hydrogen (secondary N) is 2. The molecule has 0 aliphatic heterocycles. The summed E-state index contributed by atoms with van der Waals surface area (Å²) in [6.07, 6.45) is 1.41. The zero-order valence-electron chi connectivity index (χ0n) is 15.1. The Hall–Kier alpha value is -3.35. The summed E-state index contributed by atoms with van der Waals surface area (Å²) in [5.74, 6) is -0.525. The van der Waals surface area contributed by atoms with Gasteiger partial charge in [0.1, 0.15) is 0 Å². The van der Waals surface area contributed by atoms with E-state index in [4.69, 9.17) is 9.47 Å². The van der Waals surface area contributed by atoms with Crippen LogP contribution in [0.15, 0.2) is 41.5 Å².